The van der Waals surface area contributed by atoms with Gasteiger partial charge in [-0.25, -0.2) is 9.37 Å². The van der Waals surface area contributed by atoms with E-state index < -0.39 is 199 Å². The molecule has 12 atom stereocenters. The van der Waals surface area contributed by atoms with E-state index in [2.05, 4.69) is 57.2 Å². The summed E-state index contributed by atoms with van der Waals surface area (Å²) in [6.07, 6.45) is -3.21. The Morgan fingerprint density at radius 3 is 1.94 bits per heavy atom. The molecule has 0 aliphatic heterocycles. The summed E-state index contributed by atoms with van der Waals surface area (Å²) in [5, 5.41) is 68.9. The third-order valence-corrected chi connectivity index (χ3v) is 19.3. The smallest absolute Gasteiger partial charge is 0.305 e. The van der Waals surface area contributed by atoms with E-state index in [4.69, 9.17) is 21.9 Å². The van der Waals surface area contributed by atoms with Gasteiger partial charge in [-0.15, -0.1) is 10.2 Å². The number of aliphatic hydroxyl groups excluding tert-OH is 3. The monoisotopic (exact) mass is 1540 g/mol. The summed E-state index contributed by atoms with van der Waals surface area (Å²) in [7, 11) is 0. The topological polar surface area (TPSA) is 516 Å². The molecule has 0 spiro atoms. The van der Waals surface area contributed by atoms with Crippen molar-refractivity contribution in [3.63, 3.8) is 0 Å². The van der Waals surface area contributed by atoms with E-state index in [0.29, 0.717) is 49.4 Å². The van der Waals surface area contributed by atoms with Gasteiger partial charge in [0.05, 0.1) is 67.6 Å². The molecule has 0 aliphatic rings. The zero-order chi connectivity index (χ0) is 81.6. The Labute approximate surface area is 643 Å². The summed E-state index contributed by atoms with van der Waals surface area (Å²) in [5.41, 5.74) is 22.4. The first-order chi connectivity index (χ1) is 52.7. The second kappa shape index (κ2) is 43.7. The van der Waals surface area contributed by atoms with E-state index in [-0.39, 0.29) is 43.5 Å². The van der Waals surface area contributed by atoms with Crippen molar-refractivity contribution in [3.05, 3.63) is 148 Å². The predicted molar refractivity (Wildman–Crippen MR) is 404 cm³/mol. The molecule has 0 unspecified atom stereocenters. The van der Waals surface area contributed by atoms with Crippen LogP contribution < -0.4 is 48.5 Å². The maximum atomic E-state index is 15.6. The van der Waals surface area contributed by atoms with Crippen molar-refractivity contribution >= 4 is 70.3 Å². The van der Waals surface area contributed by atoms with Crippen molar-refractivity contribution < 1.29 is 87.1 Å². The van der Waals surface area contributed by atoms with Crippen molar-refractivity contribution in [2.45, 2.75) is 206 Å². The van der Waals surface area contributed by atoms with Crippen LogP contribution in [0.15, 0.2) is 97.5 Å². The number of carbonyl (C=O) groups excluding carboxylic acids is 11. The highest BCUT2D eigenvalue weighted by Crippen LogP contribution is 2.33. The number of amides is 6. The molecule has 6 amide bonds. The molecule has 0 bridgehead atoms. The summed E-state index contributed by atoms with van der Waals surface area (Å²) >= 11 is 0. The molecule has 6 aromatic rings. The van der Waals surface area contributed by atoms with Crippen LogP contribution in [0.5, 0.6) is 5.75 Å². The Morgan fingerprint density at radius 1 is 0.667 bits per heavy atom. The number of ether oxygens (including phenoxy) is 1. The summed E-state index contributed by atoms with van der Waals surface area (Å²) in [6, 6.07) is 15.0. The zero-order valence-electron chi connectivity index (χ0n) is 63.7. The van der Waals surface area contributed by atoms with E-state index in [1.165, 1.54) is 44.6 Å². The van der Waals surface area contributed by atoms with Crippen LogP contribution in [-0.2, 0) is 96.1 Å². The van der Waals surface area contributed by atoms with Gasteiger partial charge in [-0.1, -0.05) is 104 Å². The standard InChI is InChI=1S/C79H105FN14O17/c1-8-51-33-57(111-27-12-11-26-81)22-23-58(51)52-20-18-49(19-21-52)32-54(76(108)86-61(74(83)106)17-13-14-50-29-44(2)28-45(3)30-50)34-66(100)63(38-71(104)105)88-77(109)55(42-95)35-67(101)72(47(5)96)90-78(110)79(7,39-53-15-9-10-16-59(53)80)40-68(102)73(48(6)97)89-70(103)25-24-64(98)62(37-69-91-93-94-92-69)87-75(107)46(4)31-65(99)60(82)36-56-41-84-43-85-56/h9-10,15-16,18-23,28-30,33,41,43,46-48,54-55,60-63,72-73,95-97H,8,11-14,17,24-27,31-32,34-40,42,81-82H2,1-7H3,(H2,83,106)(H,84,85)(H,86,108)(H,87,107)(H,88,109)(H,89,103)(H,90,110)(H,104,105)(H,91,92,93,94)/t46-,47-,48-,54-,55+,60+,61+,62+,63+,72+,73+,79-/m1/s1. The van der Waals surface area contributed by atoms with Gasteiger partial charge in [0.1, 0.15) is 29.7 Å². The number of aliphatic hydroxyl groups is 3. The number of carboxylic acid groups (broad SMARTS) is 1. The van der Waals surface area contributed by atoms with Crippen molar-refractivity contribution in [1.82, 2.24) is 57.2 Å². The van der Waals surface area contributed by atoms with Crippen LogP contribution in [-0.4, -0.2) is 190 Å². The highest BCUT2D eigenvalue weighted by molar-refractivity contribution is 6.00. The third-order valence-electron chi connectivity index (χ3n) is 19.3. The second-order valence-electron chi connectivity index (χ2n) is 28.8. The van der Waals surface area contributed by atoms with Crippen LogP contribution in [0.1, 0.15) is 150 Å². The fourth-order valence-electron chi connectivity index (χ4n) is 13.0. The molecular weight excluding hydrogens is 1440 g/mol. The van der Waals surface area contributed by atoms with Crippen LogP contribution in [0.2, 0.25) is 0 Å². The second-order valence-corrected chi connectivity index (χ2v) is 28.8. The Hall–Kier alpha value is -10.7. The number of carbonyl (C=O) groups is 12. The lowest BCUT2D eigenvalue weighted by molar-refractivity contribution is -0.142. The summed E-state index contributed by atoms with van der Waals surface area (Å²) < 4.78 is 21.5. The Balaban J connectivity index is 1.17. The number of hydrogen-bond acceptors (Lipinski definition) is 22. The number of ketones is 5. The van der Waals surface area contributed by atoms with Gasteiger partial charge < -0.3 is 73.9 Å². The molecule has 0 fully saturated rings. The lowest BCUT2D eigenvalue weighted by atomic mass is 9.76. The summed E-state index contributed by atoms with van der Waals surface area (Å²) in [6.45, 7) is 10.8. The Kier molecular flexibility index (Phi) is 35.1. The molecule has 0 radical (unpaired) electrons. The quantitative estimate of drug-likeness (QED) is 0.0244. The Morgan fingerprint density at radius 2 is 1.32 bits per heavy atom. The number of Topliss-reactive ketones (excluding diaryl/α,β-unsaturated/α-hetero) is 5. The number of nitrogens with one attached hydrogen (secondary N) is 7. The average molecular weight is 1540 g/mol. The number of aromatic nitrogens is 6. The van der Waals surface area contributed by atoms with Crippen LogP contribution in [0.3, 0.4) is 0 Å². The lowest BCUT2D eigenvalue weighted by Gasteiger charge is -2.33. The molecular formula is C79H105FN14O17. The van der Waals surface area contributed by atoms with E-state index in [1.807, 2.05) is 69.3 Å². The maximum Gasteiger partial charge on any atom is 0.305 e. The van der Waals surface area contributed by atoms with E-state index >= 15 is 4.39 Å². The van der Waals surface area contributed by atoms with Crippen LogP contribution in [0, 0.1) is 42.8 Å². The number of H-pyrrole nitrogens is 2. The number of aromatic amines is 2. The number of nitrogens with two attached hydrogens (primary N) is 3. The number of aliphatic carboxylic acids is 1. The number of unbranched alkanes of at least 4 members (excludes halogenated alkanes) is 1. The van der Waals surface area contributed by atoms with E-state index in [9.17, 15) is 78.0 Å². The van der Waals surface area contributed by atoms with Crippen molar-refractivity contribution in [2.75, 3.05) is 19.8 Å². The van der Waals surface area contributed by atoms with Crippen molar-refractivity contribution in [3.8, 4) is 16.9 Å². The van der Waals surface area contributed by atoms with Crippen molar-refractivity contribution in [1.29, 1.82) is 0 Å². The number of aryl methyl sites for hydroxylation is 4. The summed E-state index contributed by atoms with van der Waals surface area (Å²) in [5.74, 6) is -15.7. The molecule has 0 aliphatic carbocycles. The zero-order valence-corrected chi connectivity index (χ0v) is 63.7. The first-order valence-corrected chi connectivity index (χ1v) is 37.1. The normalized spacial score (nSPS) is 14.9. The number of tetrazole rings is 1. The van der Waals surface area contributed by atoms with Gasteiger partial charge in [-0.3, -0.25) is 57.5 Å². The van der Waals surface area contributed by atoms with Gasteiger partial charge in [0.25, 0.3) is 0 Å². The molecule has 4 aromatic carbocycles. The number of nitrogens with zero attached hydrogens (tertiary/aromatic N) is 4. The number of halogens is 1. The molecule has 0 saturated carbocycles. The molecule has 2 aromatic heterocycles. The van der Waals surface area contributed by atoms with Gasteiger partial charge >= 0.3 is 5.97 Å². The number of primary amides is 1. The van der Waals surface area contributed by atoms with Gasteiger partial charge in [0.15, 0.2) is 34.7 Å². The number of benzene rings is 4. The van der Waals surface area contributed by atoms with Crippen LogP contribution in [0.4, 0.5) is 4.39 Å². The minimum atomic E-state index is -2.10. The van der Waals surface area contributed by atoms with Gasteiger partial charge in [0, 0.05) is 75.1 Å². The van der Waals surface area contributed by atoms with Gasteiger partial charge in [-0.2, -0.15) is 5.21 Å². The Bertz CT molecular complexity index is 4140. The van der Waals surface area contributed by atoms with Gasteiger partial charge in [-0.05, 0) is 137 Å². The minimum absolute atomic E-state index is 0.00566. The summed E-state index contributed by atoms with van der Waals surface area (Å²) in [4.78, 5) is 173. The molecule has 6 rings (SSSR count). The SMILES string of the molecule is CCc1cc(OCCCCN)ccc1-c1ccc(C[C@H](CC(=O)[C@H](CC(=O)O)NC(=O)[C@H](CO)CC(=O)[C@@H](NC(=O)[C@@](C)(CC(=O)[C@@H](NC(=O)CCC(=O)[C@H](Cc2nn[nH]n2)NC(=O)[C@H](C)CC(=O)[C@@H](N)Cc2cnc[nH]2)[C@@H](C)O)Cc2ccccc2F)[C@@H](C)O)C(=O)N[C@@H](CCCc2cc(C)cc(C)c2)C(N)=O)cc1. The minimum Gasteiger partial charge on any atom is -0.494 e. The first kappa shape index (κ1) is 89.2. The molecule has 2 heterocycles. The molecule has 17 N–H and O–H groups in total. The molecule has 32 heteroatoms. The molecule has 111 heavy (non-hydrogen) atoms. The predicted octanol–water partition coefficient (Wildman–Crippen LogP) is 2.85. The average Bonchev–Trinajstić information content (AvgIpc) is 1.16. The lowest BCUT2D eigenvalue weighted by Crippen LogP contribution is -2.55. The van der Waals surface area contributed by atoms with Crippen LogP contribution in [0.25, 0.3) is 11.1 Å². The fourth-order valence-corrected chi connectivity index (χ4v) is 13.0. The first-order valence-electron chi connectivity index (χ1n) is 37.1. The highest BCUT2D eigenvalue weighted by Gasteiger charge is 2.43. The van der Waals surface area contributed by atoms with Gasteiger partial charge in [0.2, 0.25) is 35.4 Å². The number of rotatable bonds is 50. The molecule has 31 nitrogen and oxygen atoms in total. The van der Waals surface area contributed by atoms with E-state index in [0.717, 1.165) is 66.1 Å². The third kappa shape index (κ3) is 28.3. The van der Waals surface area contributed by atoms with E-state index in [1.54, 1.807) is 12.1 Å². The van der Waals surface area contributed by atoms with Crippen LogP contribution >= 0.6 is 0 Å². The largest absolute Gasteiger partial charge is 0.494 e. The maximum absolute atomic E-state index is 15.6. The number of hydrogen-bond donors (Lipinski definition) is 14. The number of imidazole rings is 1. The molecule has 600 valence electrons. The number of carboxylic acids is 1. The van der Waals surface area contributed by atoms with Crippen molar-refractivity contribution in [2.24, 2.45) is 40.4 Å². The molecule has 0 saturated heterocycles. The fraction of sp³-hybridized carbons (Fsp3) is 0.494. The highest BCUT2D eigenvalue weighted by atomic mass is 19.1.